The van der Waals surface area contributed by atoms with Crippen molar-refractivity contribution in [3.63, 3.8) is 0 Å². The standard InChI is InChI=1S/C20H15Cl2N3/c21-13-5-6-17(22)16(11-13)20-12-19(24-14-7-9-23-10-8-14)15-3-1-2-4-18(15)25-20/h1-5,7-12,17H,6H2,(H,23,24,25). The lowest BCUT2D eigenvalue weighted by Crippen LogP contribution is -2.07. The summed E-state index contributed by atoms with van der Waals surface area (Å²) in [5, 5.41) is 5.07. The van der Waals surface area contributed by atoms with E-state index in [1.807, 2.05) is 48.6 Å². The smallest absolute Gasteiger partial charge is 0.0730 e. The predicted octanol–water partition coefficient (Wildman–Crippen LogP) is 5.89. The maximum atomic E-state index is 6.51. The Morgan fingerprint density at radius 3 is 2.72 bits per heavy atom. The third-order valence-corrected chi connectivity index (χ3v) is 4.80. The zero-order valence-electron chi connectivity index (χ0n) is 13.3. The number of benzene rings is 1. The summed E-state index contributed by atoms with van der Waals surface area (Å²) in [6.45, 7) is 0. The maximum absolute atomic E-state index is 6.51. The van der Waals surface area contributed by atoms with E-state index in [1.165, 1.54) is 0 Å². The van der Waals surface area contributed by atoms with E-state index in [-0.39, 0.29) is 5.38 Å². The second-order valence-electron chi connectivity index (χ2n) is 5.83. The molecule has 1 N–H and O–H groups in total. The summed E-state index contributed by atoms with van der Waals surface area (Å²) >= 11 is 12.7. The van der Waals surface area contributed by atoms with Crippen LogP contribution in [-0.4, -0.2) is 15.3 Å². The molecule has 1 atom stereocenters. The number of nitrogens with zero attached hydrogens (tertiary/aromatic N) is 2. The number of rotatable bonds is 3. The molecule has 124 valence electrons. The fourth-order valence-corrected chi connectivity index (χ4v) is 3.36. The van der Waals surface area contributed by atoms with Gasteiger partial charge < -0.3 is 5.32 Å². The molecule has 0 fully saturated rings. The molecule has 1 aromatic carbocycles. The van der Waals surface area contributed by atoms with Crippen LogP contribution in [0, 0.1) is 0 Å². The van der Waals surface area contributed by atoms with E-state index in [2.05, 4.69) is 16.4 Å². The van der Waals surface area contributed by atoms with Gasteiger partial charge in [-0.1, -0.05) is 35.9 Å². The zero-order chi connectivity index (χ0) is 17.2. The van der Waals surface area contributed by atoms with Crippen molar-refractivity contribution in [1.82, 2.24) is 9.97 Å². The molecular formula is C20H15Cl2N3. The van der Waals surface area contributed by atoms with Crippen molar-refractivity contribution in [2.75, 3.05) is 5.32 Å². The van der Waals surface area contributed by atoms with Crippen molar-refractivity contribution in [3.8, 4) is 0 Å². The van der Waals surface area contributed by atoms with Crippen LogP contribution in [0.25, 0.3) is 16.5 Å². The summed E-state index contributed by atoms with van der Waals surface area (Å²) < 4.78 is 0. The van der Waals surface area contributed by atoms with Crippen molar-refractivity contribution >= 4 is 51.1 Å². The molecule has 3 nitrogen and oxygen atoms in total. The van der Waals surface area contributed by atoms with Gasteiger partial charge in [-0.15, -0.1) is 11.6 Å². The summed E-state index contributed by atoms with van der Waals surface area (Å²) in [5.74, 6) is 0. The fraction of sp³-hybridized carbons (Fsp3) is 0.100. The van der Waals surface area contributed by atoms with E-state index in [4.69, 9.17) is 28.2 Å². The first-order chi connectivity index (χ1) is 12.2. The molecule has 1 aliphatic carbocycles. The van der Waals surface area contributed by atoms with E-state index in [1.54, 1.807) is 12.4 Å². The van der Waals surface area contributed by atoms with Crippen molar-refractivity contribution < 1.29 is 0 Å². The van der Waals surface area contributed by atoms with Crippen LogP contribution in [0.15, 0.2) is 72.0 Å². The van der Waals surface area contributed by atoms with Gasteiger partial charge >= 0.3 is 0 Å². The Morgan fingerprint density at radius 1 is 1.08 bits per heavy atom. The first-order valence-electron chi connectivity index (χ1n) is 7.99. The first kappa shape index (κ1) is 16.1. The van der Waals surface area contributed by atoms with Crippen molar-refractivity contribution in [3.05, 3.63) is 77.7 Å². The van der Waals surface area contributed by atoms with Crippen LogP contribution in [0.2, 0.25) is 0 Å². The van der Waals surface area contributed by atoms with Gasteiger partial charge in [0.2, 0.25) is 0 Å². The minimum Gasteiger partial charge on any atom is -0.355 e. The highest BCUT2D eigenvalue weighted by atomic mass is 35.5. The first-order valence-corrected chi connectivity index (χ1v) is 8.81. The number of hydrogen-bond acceptors (Lipinski definition) is 3. The number of alkyl halides is 1. The molecule has 0 amide bonds. The van der Waals surface area contributed by atoms with Crippen molar-refractivity contribution in [2.24, 2.45) is 0 Å². The van der Waals surface area contributed by atoms with Crippen LogP contribution in [0.4, 0.5) is 11.4 Å². The number of aromatic nitrogens is 2. The molecule has 0 saturated heterocycles. The number of nitrogens with one attached hydrogen (secondary N) is 1. The molecular weight excluding hydrogens is 353 g/mol. The monoisotopic (exact) mass is 367 g/mol. The molecule has 25 heavy (non-hydrogen) atoms. The summed E-state index contributed by atoms with van der Waals surface area (Å²) in [5.41, 5.74) is 4.63. The van der Waals surface area contributed by atoms with Gasteiger partial charge in [-0.2, -0.15) is 0 Å². The second-order valence-corrected chi connectivity index (χ2v) is 6.79. The minimum atomic E-state index is -0.134. The molecule has 2 heterocycles. The van der Waals surface area contributed by atoms with Gasteiger partial charge in [0.25, 0.3) is 0 Å². The van der Waals surface area contributed by atoms with Gasteiger partial charge in [0.1, 0.15) is 0 Å². The average Bonchev–Trinajstić information content (AvgIpc) is 2.64. The third-order valence-electron chi connectivity index (χ3n) is 4.12. The third kappa shape index (κ3) is 3.39. The Morgan fingerprint density at radius 2 is 1.88 bits per heavy atom. The molecule has 1 unspecified atom stereocenters. The minimum absolute atomic E-state index is 0.134. The molecule has 2 aromatic heterocycles. The highest BCUT2D eigenvalue weighted by Crippen LogP contribution is 2.35. The number of fused-ring (bicyclic) bond motifs is 1. The van der Waals surface area contributed by atoms with E-state index in [0.717, 1.165) is 33.5 Å². The molecule has 0 saturated carbocycles. The van der Waals surface area contributed by atoms with Crippen molar-refractivity contribution in [2.45, 2.75) is 11.8 Å². The highest BCUT2D eigenvalue weighted by Gasteiger charge is 2.19. The summed E-state index contributed by atoms with van der Waals surface area (Å²) in [6, 6.07) is 13.9. The fourth-order valence-electron chi connectivity index (χ4n) is 2.89. The van der Waals surface area contributed by atoms with E-state index < -0.39 is 0 Å². The number of para-hydroxylation sites is 1. The number of hydrogen-bond donors (Lipinski definition) is 1. The van der Waals surface area contributed by atoms with E-state index in [0.29, 0.717) is 11.5 Å². The Bertz CT molecular complexity index is 981. The molecule has 0 radical (unpaired) electrons. The van der Waals surface area contributed by atoms with Gasteiger partial charge in [0.05, 0.1) is 22.3 Å². The lowest BCUT2D eigenvalue weighted by Gasteiger charge is -2.18. The molecule has 4 rings (SSSR count). The second kappa shape index (κ2) is 6.87. The molecule has 0 aliphatic heterocycles. The predicted molar refractivity (Wildman–Crippen MR) is 105 cm³/mol. The largest absolute Gasteiger partial charge is 0.355 e. The molecule has 0 bridgehead atoms. The number of halogens is 2. The molecule has 5 heteroatoms. The van der Waals surface area contributed by atoms with Gasteiger partial charge in [-0.25, -0.2) is 4.98 Å². The van der Waals surface area contributed by atoms with Crippen molar-refractivity contribution in [1.29, 1.82) is 0 Å². The van der Waals surface area contributed by atoms with Crippen LogP contribution in [0.1, 0.15) is 12.1 Å². The van der Waals surface area contributed by atoms with Crippen LogP contribution < -0.4 is 5.32 Å². The average molecular weight is 368 g/mol. The normalized spacial score (nSPS) is 17.1. The number of anilines is 2. The Hall–Kier alpha value is -2.36. The van der Waals surface area contributed by atoms with Crippen LogP contribution in [0.3, 0.4) is 0 Å². The molecule has 1 aliphatic rings. The zero-order valence-corrected chi connectivity index (χ0v) is 14.8. The van der Waals surface area contributed by atoms with E-state index >= 15 is 0 Å². The SMILES string of the molecule is ClC1=CCC(Cl)C(c2cc(Nc3ccncc3)c3ccccc3n2)=C1. The van der Waals surface area contributed by atoms with Gasteiger partial charge in [-0.05, 0) is 42.3 Å². The van der Waals surface area contributed by atoms with Crippen LogP contribution in [0.5, 0.6) is 0 Å². The summed E-state index contributed by atoms with van der Waals surface area (Å²) in [4.78, 5) is 8.85. The van der Waals surface area contributed by atoms with Gasteiger partial charge in [0.15, 0.2) is 0 Å². The summed E-state index contributed by atoms with van der Waals surface area (Å²) in [7, 11) is 0. The van der Waals surface area contributed by atoms with Gasteiger partial charge in [0, 0.05) is 28.5 Å². The molecule has 0 spiro atoms. The Labute approximate surface area is 156 Å². The number of pyridine rings is 2. The number of allylic oxidation sites excluding steroid dienone is 4. The topological polar surface area (TPSA) is 37.8 Å². The van der Waals surface area contributed by atoms with Crippen LogP contribution in [-0.2, 0) is 0 Å². The van der Waals surface area contributed by atoms with E-state index in [9.17, 15) is 0 Å². The quantitative estimate of drug-likeness (QED) is 0.586. The molecule has 3 aromatic rings. The summed E-state index contributed by atoms with van der Waals surface area (Å²) in [6.07, 6.45) is 8.05. The highest BCUT2D eigenvalue weighted by molar-refractivity contribution is 6.33. The lowest BCUT2D eigenvalue weighted by atomic mass is 9.99. The lowest BCUT2D eigenvalue weighted by molar-refractivity contribution is 1.05. The van der Waals surface area contributed by atoms with Crippen LogP contribution >= 0.6 is 23.2 Å². The Kier molecular flexibility index (Phi) is 4.43. The maximum Gasteiger partial charge on any atom is 0.0730 e. The Balaban J connectivity index is 1.85. The van der Waals surface area contributed by atoms with Gasteiger partial charge in [-0.3, -0.25) is 4.98 Å².